The van der Waals surface area contributed by atoms with Crippen molar-refractivity contribution in [3.05, 3.63) is 107 Å². The Morgan fingerprint density at radius 1 is 1.00 bits per heavy atom. The summed E-state index contributed by atoms with van der Waals surface area (Å²) < 4.78 is 0. The summed E-state index contributed by atoms with van der Waals surface area (Å²) in [6.45, 7) is 6.09. The van der Waals surface area contributed by atoms with Gasteiger partial charge in [-0.2, -0.15) is 5.11 Å². The number of hydrogen-bond donors (Lipinski definition) is 2. The molecule has 0 amide bonds. The number of benzene rings is 4. The number of aromatic hydroxyl groups is 1. The van der Waals surface area contributed by atoms with Gasteiger partial charge in [0, 0.05) is 34.5 Å². The Labute approximate surface area is 184 Å². The second kappa shape index (κ2) is 8.69. The van der Waals surface area contributed by atoms with E-state index < -0.39 is 4.92 Å². The number of phenolic OH excluding ortho intramolecular Hbond substituents is 1. The topological polar surface area (TPSA) is 100 Å². The minimum absolute atomic E-state index is 0.0298. The fourth-order valence-corrected chi connectivity index (χ4v) is 3.34. The maximum Gasteiger partial charge on any atom is 0.269 e. The number of nitro groups is 1. The number of phenols is 1. The first-order chi connectivity index (χ1) is 15.4. The van der Waals surface area contributed by atoms with Crippen molar-refractivity contribution in [1.82, 2.24) is 0 Å². The van der Waals surface area contributed by atoms with Crippen molar-refractivity contribution in [2.45, 2.75) is 6.92 Å². The first-order valence-corrected chi connectivity index (χ1v) is 9.87. The van der Waals surface area contributed by atoms with Crippen molar-refractivity contribution in [2.75, 3.05) is 5.32 Å². The van der Waals surface area contributed by atoms with Crippen LogP contribution in [0, 0.1) is 17.0 Å². The Balaban J connectivity index is 1.75. The molecule has 0 saturated heterocycles. The number of para-hydroxylation sites is 1. The van der Waals surface area contributed by atoms with Gasteiger partial charge in [-0.1, -0.05) is 49.0 Å². The van der Waals surface area contributed by atoms with Gasteiger partial charge in [0.1, 0.15) is 5.69 Å². The summed E-state index contributed by atoms with van der Waals surface area (Å²) in [5.74, 6) is -0.0551. The van der Waals surface area contributed by atoms with Crippen LogP contribution in [0.25, 0.3) is 16.5 Å². The predicted octanol–water partition coefficient (Wildman–Crippen LogP) is 7.26. The third-order valence-electron chi connectivity index (χ3n) is 5.08. The van der Waals surface area contributed by atoms with Gasteiger partial charge < -0.3 is 10.4 Å². The van der Waals surface area contributed by atoms with E-state index in [1.807, 2.05) is 61.5 Å². The van der Waals surface area contributed by atoms with Gasteiger partial charge in [0.15, 0.2) is 5.75 Å². The van der Waals surface area contributed by atoms with Gasteiger partial charge in [-0.05, 0) is 42.1 Å². The molecule has 7 heteroatoms. The van der Waals surface area contributed by atoms with Crippen molar-refractivity contribution in [3.8, 4) is 5.75 Å². The minimum atomic E-state index is -0.475. The molecule has 4 aromatic rings. The molecule has 0 unspecified atom stereocenters. The number of non-ortho nitro benzene ring substituents is 1. The fraction of sp³-hybridized carbons (Fsp3) is 0.0400. The standard InChI is InChI=1S/C25H20N4O3/c1-16-7-3-6-10-23(16)26-17(2)22-15-18-8-4-5-9-21(18)24(25(22)30)28-27-19-11-13-20(14-12-19)29(31)32/h3-15,26,30H,2H2,1H3/b28-27+. The highest BCUT2D eigenvalue weighted by atomic mass is 16.6. The van der Waals surface area contributed by atoms with E-state index in [0.717, 1.165) is 22.0 Å². The molecule has 0 heterocycles. The molecule has 4 rings (SSSR count). The highest BCUT2D eigenvalue weighted by molar-refractivity contribution is 6.00. The molecule has 0 radical (unpaired) electrons. The Morgan fingerprint density at radius 3 is 2.41 bits per heavy atom. The maximum atomic E-state index is 11.1. The van der Waals surface area contributed by atoms with E-state index in [1.54, 1.807) is 0 Å². The third-order valence-corrected chi connectivity index (χ3v) is 5.08. The lowest BCUT2D eigenvalue weighted by Crippen LogP contribution is -1.99. The number of nitrogens with one attached hydrogen (secondary N) is 1. The van der Waals surface area contributed by atoms with Crippen molar-refractivity contribution in [2.24, 2.45) is 10.2 Å². The van der Waals surface area contributed by atoms with E-state index in [0.29, 0.717) is 22.6 Å². The molecule has 32 heavy (non-hydrogen) atoms. The van der Waals surface area contributed by atoms with Crippen molar-refractivity contribution < 1.29 is 10.0 Å². The largest absolute Gasteiger partial charge is 0.505 e. The zero-order valence-electron chi connectivity index (χ0n) is 17.3. The van der Waals surface area contributed by atoms with Crippen molar-refractivity contribution in [3.63, 3.8) is 0 Å². The number of rotatable bonds is 6. The third kappa shape index (κ3) is 4.17. The first-order valence-electron chi connectivity index (χ1n) is 9.87. The normalized spacial score (nSPS) is 11.0. The summed E-state index contributed by atoms with van der Waals surface area (Å²) >= 11 is 0. The van der Waals surface area contributed by atoms with Crippen LogP contribution in [0.15, 0.2) is 95.7 Å². The lowest BCUT2D eigenvalue weighted by molar-refractivity contribution is -0.384. The van der Waals surface area contributed by atoms with E-state index in [4.69, 9.17) is 0 Å². The zero-order valence-corrected chi connectivity index (χ0v) is 17.3. The van der Waals surface area contributed by atoms with E-state index in [1.165, 1.54) is 24.3 Å². The van der Waals surface area contributed by atoms with Crippen LogP contribution in [-0.4, -0.2) is 10.0 Å². The monoisotopic (exact) mass is 424 g/mol. The van der Waals surface area contributed by atoms with Gasteiger partial charge in [0.25, 0.3) is 5.69 Å². The molecule has 0 atom stereocenters. The van der Waals surface area contributed by atoms with Crippen molar-refractivity contribution in [1.29, 1.82) is 0 Å². The lowest BCUT2D eigenvalue weighted by Gasteiger charge is -2.15. The van der Waals surface area contributed by atoms with Gasteiger partial charge in [-0.25, -0.2) is 0 Å². The van der Waals surface area contributed by atoms with Crippen LogP contribution in [0.1, 0.15) is 11.1 Å². The van der Waals surface area contributed by atoms with Gasteiger partial charge in [-0.15, -0.1) is 5.11 Å². The molecular weight excluding hydrogens is 404 g/mol. The van der Waals surface area contributed by atoms with Crippen LogP contribution in [0.3, 0.4) is 0 Å². The quantitative estimate of drug-likeness (QED) is 0.193. The second-order valence-electron chi connectivity index (χ2n) is 7.23. The first kappa shape index (κ1) is 20.7. The van der Waals surface area contributed by atoms with Gasteiger partial charge >= 0.3 is 0 Å². The summed E-state index contributed by atoms with van der Waals surface area (Å²) in [4.78, 5) is 10.4. The minimum Gasteiger partial charge on any atom is -0.505 e. The second-order valence-corrected chi connectivity index (χ2v) is 7.23. The number of aryl methyl sites for hydroxylation is 1. The molecule has 0 aliphatic rings. The molecule has 4 aromatic carbocycles. The SMILES string of the molecule is C=C(Nc1ccccc1C)c1cc2ccccc2c(/N=N/c2ccc([N+](=O)[O-])cc2)c1O. The van der Waals surface area contributed by atoms with Gasteiger partial charge in [0.2, 0.25) is 0 Å². The Morgan fingerprint density at radius 2 is 1.69 bits per heavy atom. The van der Waals surface area contributed by atoms with Crippen LogP contribution < -0.4 is 5.32 Å². The fourth-order valence-electron chi connectivity index (χ4n) is 3.34. The number of anilines is 1. The summed E-state index contributed by atoms with van der Waals surface area (Å²) in [6.07, 6.45) is 0. The molecule has 0 aromatic heterocycles. The number of azo groups is 1. The Bertz CT molecular complexity index is 1360. The Hall–Kier alpha value is -4.52. The predicted molar refractivity (Wildman–Crippen MR) is 127 cm³/mol. The molecular formula is C25H20N4O3. The van der Waals surface area contributed by atoms with Gasteiger partial charge in [-0.3, -0.25) is 10.1 Å². The summed E-state index contributed by atoms with van der Waals surface area (Å²) in [6, 6.07) is 22.9. The molecule has 7 nitrogen and oxygen atoms in total. The maximum absolute atomic E-state index is 11.1. The van der Waals surface area contributed by atoms with E-state index in [2.05, 4.69) is 22.1 Å². The highest BCUT2D eigenvalue weighted by Crippen LogP contribution is 2.42. The molecule has 0 aliphatic carbocycles. The summed E-state index contributed by atoms with van der Waals surface area (Å²) in [5, 5.41) is 35.2. The van der Waals surface area contributed by atoms with Crippen molar-refractivity contribution >= 4 is 39.2 Å². The van der Waals surface area contributed by atoms with E-state index in [-0.39, 0.29) is 11.4 Å². The Kier molecular flexibility index (Phi) is 5.63. The molecule has 158 valence electrons. The van der Waals surface area contributed by atoms with Crippen LogP contribution in [0.5, 0.6) is 5.75 Å². The number of fused-ring (bicyclic) bond motifs is 1. The molecule has 0 bridgehead atoms. The summed E-state index contributed by atoms with van der Waals surface area (Å²) in [7, 11) is 0. The van der Waals surface area contributed by atoms with Crippen LogP contribution in [0.4, 0.5) is 22.7 Å². The number of nitrogens with zero attached hydrogens (tertiary/aromatic N) is 3. The average Bonchev–Trinajstić information content (AvgIpc) is 2.80. The van der Waals surface area contributed by atoms with E-state index in [9.17, 15) is 15.2 Å². The van der Waals surface area contributed by atoms with E-state index >= 15 is 0 Å². The number of hydrogen-bond acceptors (Lipinski definition) is 6. The zero-order chi connectivity index (χ0) is 22.7. The van der Waals surface area contributed by atoms with Crippen LogP contribution in [-0.2, 0) is 0 Å². The summed E-state index contributed by atoms with van der Waals surface area (Å²) in [5.41, 5.74) is 3.66. The molecule has 2 N–H and O–H groups in total. The molecule has 0 saturated carbocycles. The lowest BCUT2D eigenvalue weighted by atomic mass is 10.0. The average molecular weight is 424 g/mol. The number of nitro benzene ring substituents is 1. The highest BCUT2D eigenvalue weighted by Gasteiger charge is 2.15. The smallest absolute Gasteiger partial charge is 0.269 e. The van der Waals surface area contributed by atoms with Crippen LogP contribution in [0.2, 0.25) is 0 Å². The molecule has 0 fully saturated rings. The van der Waals surface area contributed by atoms with Gasteiger partial charge in [0.05, 0.1) is 10.6 Å². The van der Waals surface area contributed by atoms with Crippen LogP contribution >= 0.6 is 0 Å². The molecule has 0 spiro atoms. The molecule has 0 aliphatic heterocycles.